The van der Waals surface area contributed by atoms with Crippen molar-refractivity contribution >= 4 is 21.8 Å². The average Bonchev–Trinajstić information content (AvgIpc) is 3.24. The van der Waals surface area contributed by atoms with Gasteiger partial charge in [0.1, 0.15) is 11.6 Å². The van der Waals surface area contributed by atoms with Gasteiger partial charge in [0.15, 0.2) is 0 Å². The molecule has 162 valence electrons. The lowest BCUT2D eigenvalue weighted by molar-refractivity contribution is 0.390. The summed E-state index contributed by atoms with van der Waals surface area (Å²) in [6, 6.07) is 13.6. The number of aromatic nitrogens is 3. The molecule has 0 saturated carbocycles. The van der Waals surface area contributed by atoms with Gasteiger partial charge in [0.25, 0.3) is 0 Å². The van der Waals surface area contributed by atoms with E-state index in [4.69, 9.17) is 4.74 Å². The number of sulfonamides is 1. The molecule has 3 aromatic rings. The number of rotatable bonds is 6. The zero-order valence-electron chi connectivity index (χ0n) is 17.7. The van der Waals surface area contributed by atoms with Crippen LogP contribution in [-0.4, -0.2) is 41.3 Å². The molecule has 1 atom stereocenters. The minimum Gasteiger partial charge on any atom is -0.497 e. The molecule has 0 aliphatic carbocycles. The molecule has 0 bridgehead atoms. The largest absolute Gasteiger partial charge is 0.497 e. The fourth-order valence-electron chi connectivity index (χ4n) is 3.81. The lowest BCUT2D eigenvalue weighted by Crippen LogP contribution is -2.31. The number of ether oxygens (including phenoxy) is 1. The first-order valence-corrected chi connectivity index (χ1v) is 11.5. The van der Waals surface area contributed by atoms with Crippen LogP contribution in [0.1, 0.15) is 36.0 Å². The second-order valence-electron chi connectivity index (χ2n) is 7.50. The number of nitrogens with zero attached hydrogens (tertiary/aromatic N) is 4. The van der Waals surface area contributed by atoms with E-state index in [0.29, 0.717) is 36.2 Å². The van der Waals surface area contributed by atoms with E-state index in [-0.39, 0.29) is 10.9 Å². The van der Waals surface area contributed by atoms with Crippen molar-refractivity contribution in [1.29, 1.82) is 0 Å². The molecule has 2 aromatic heterocycles. The third-order valence-electron chi connectivity index (χ3n) is 5.20. The molecule has 3 heterocycles. The summed E-state index contributed by atoms with van der Waals surface area (Å²) in [5.41, 5.74) is 2.42. The van der Waals surface area contributed by atoms with E-state index in [1.165, 1.54) is 4.31 Å². The highest BCUT2D eigenvalue weighted by Gasteiger charge is 2.37. The van der Waals surface area contributed by atoms with Gasteiger partial charge < -0.3 is 10.1 Å². The molecule has 0 spiro atoms. The Morgan fingerprint density at radius 2 is 1.74 bits per heavy atom. The van der Waals surface area contributed by atoms with Gasteiger partial charge >= 0.3 is 0 Å². The van der Waals surface area contributed by atoms with E-state index in [1.807, 2.05) is 38.1 Å². The number of anilines is 2. The topological polar surface area (TPSA) is 97.3 Å². The first-order valence-electron chi connectivity index (χ1n) is 10.1. The Labute approximate surface area is 182 Å². The van der Waals surface area contributed by atoms with Crippen LogP contribution >= 0.6 is 0 Å². The molecule has 1 saturated heterocycles. The van der Waals surface area contributed by atoms with Gasteiger partial charge in [0.2, 0.25) is 16.0 Å². The molecular formula is C22H25N5O3S. The van der Waals surface area contributed by atoms with Gasteiger partial charge in [-0.2, -0.15) is 4.31 Å². The molecule has 1 fully saturated rings. The third-order valence-corrected chi connectivity index (χ3v) is 7.13. The summed E-state index contributed by atoms with van der Waals surface area (Å²) in [6.07, 6.45) is 1.49. The number of nitrogens with one attached hydrogen (secondary N) is 1. The van der Waals surface area contributed by atoms with Crippen LogP contribution < -0.4 is 10.1 Å². The summed E-state index contributed by atoms with van der Waals surface area (Å²) < 4.78 is 33.3. The number of methoxy groups -OCH3 is 1. The summed E-state index contributed by atoms with van der Waals surface area (Å²) in [6.45, 7) is 4.27. The molecule has 0 radical (unpaired) electrons. The molecule has 8 nitrogen and oxygen atoms in total. The Morgan fingerprint density at radius 1 is 1.03 bits per heavy atom. The summed E-state index contributed by atoms with van der Waals surface area (Å²) >= 11 is 0. The molecule has 0 unspecified atom stereocenters. The fourth-order valence-corrected chi connectivity index (χ4v) is 5.48. The summed E-state index contributed by atoms with van der Waals surface area (Å²) in [5, 5.41) is 3.13. The molecule has 1 N–H and O–H groups in total. The van der Waals surface area contributed by atoms with Crippen molar-refractivity contribution in [1.82, 2.24) is 19.3 Å². The van der Waals surface area contributed by atoms with Crippen LogP contribution in [0.25, 0.3) is 0 Å². The third kappa shape index (κ3) is 4.52. The highest BCUT2D eigenvalue weighted by molar-refractivity contribution is 7.89. The molecular weight excluding hydrogens is 414 g/mol. The molecule has 1 aliphatic rings. The maximum absolute atomic E-state index is 13.3. The Kier molecular flexibility index (Phi) is 5.88. The van der Waals surface area contributed by atoms with Gasteiger partial charge in [-0.3, -0.25) is 0 Å². The highest BCUT2D eigenvalue weighted by Crippen LogP contribution is 2.36. The number of hydrogen-bond acceptors (Lipinski definition) is 7. The lowest BCUT2D eigenvalue weighted by atomic mass is 10.1. The summed E-state index contributed by atoms with van der Waals surface area (Å²) in [4.78, 5) is 13.7. The Bertz CT molecular complexity index is 1160. The second-order valence-corrected chi connectivity index (χ2v) is 9.39. The van der Waals surface area contributed by atoms with Gasteiger partial charge in [-0.25, -0.2) is 23.4 Å². The van der Waals surface area contributed by atoms with Crippen LogP contribution in [0.15, 0.2) is 53.4 Å². The zero-order valence-corrected chi connectivity index (χ0v) is 18.6. The number of hydrogen-bond donors (Lipinski definition) is 1. The van der Waals surface area contributed by atoms with Crippen LogP contribution in [-0.2, 0) is 10.0 Å². The zero-order chi connectivity index (χ0) is 22.0. The van der Waals surface area contributed by atoms with E-state index in [2.05, 4.69) is 20.3 Å². The molecule has 1 aliphatic heterocycles. The van der Waals surface area contributed by atoms with Crippen molar-refractivity contribution in [2.45, 2.75) is 37.6 Å². The van der Waals surface area contributed by atoms with Gasteiger partial charge in [-0.15, -0.1) is 0 Å². The minimum atomic E-state index is -3.65. The van der Waals surface area contributed by atoms with Crippen molar-refractivity contribution < 1.29 is 13.2 Å². The normalized spacial score (nSPS) is 16.9. The van der Waals surface area contributed by atoms with E-state index in [9.17, 15) is 8.42 Å². The van der Waals surface area contributed by atoms with Crippen LogP contribution in [0.5, 0.6) is 5.75 Å². The van der Waals surface area contributed by atoms with Gasteiger partial charge in [0, 0.05) is 17.9 Å². The predicted octanol–water partition coefficient (Wildman–Crippen LogP) is 3.77. The van der Waals surface area contributed by atoms with Crippen LogP contribution in [0.3, 0.4) is 0 Å². The van der Waals surface area contributed by atoms with Gasteiger partial charge in [-0.05, 0) is 69.2 Å². The standard InChI is InChI=1S/C22H25N5O3S/c1-15-14-16(2)24-22(23-15)26-21-8-4-6-19(25-21)20-7-5-13-27(20)31(28,29)18-11-9-17(30-3)10-12-18/h4,6,8-12,14,20H,5,7,13H2,1-3H3,(H,23,24,25,26)/t20-/m1/s1. The maximum Gasteiger partial charge on any atom is 0.243 e. The van der Waals surface area contributed by atoms with E-state index in [0.717, 1.165) is 17.8 Å². The molecule has 0 amide bonds. The van der Waals surface area contributed by atoms with Crippen molar-refractivity contribution in [3.8, 4) is 5.75 Å². The quantitative estimate of drug-likeness (QED) is 0.624. The average molecular weight is 440 g/mol. The van der Waals surface area contributed by atoms with E-state index >= 15 is 0 Å². The van der Waals surface area contributed by atoms with Crippen molar-refractivity contribution in [3.05, 3.63) is 65.6 Å². The smallest absolute Gasteiger partial charge is 0.243 e. The van der Waals surface area contributed by atoms with Crippen molar-refractivity contribution in [2.24, 2.45) is 0 Å². The Hall–Kier alpha value is -3.04. The Morgan fingerprint density at radius 3 is 2.42 bits per heavy atom. The summed E-state index contributed by atoms with van der Waals surface area (Å²) in [5.74, 6) is 1.67. The first-order chi connectivity index (χ1) is 14.9. The highest BCUT2D eigenvalue weighted by atomic mass is 32.2. The monoisotopic (exact) mass is 439 g/mol. The molecule has 4 rings (SSSR count). The maximum atomic E-state index is 13.3. The van der Waals surface area contributed by atoms with Crippen molar-refractivity contribution in [3.63, 3.8) is 0 Å². The van der Waals surface area contributed by atoms with E-state index in [1.54, 1.807) is 31.4 Å². The first kappa shape index (κ1) is 21.2. The number of benzene rings is 1. The fraction of sp³-hybridized carbons (Fsp3) is 0.318. The summed E-state index contributed by atoms with van der Waals surface area (Å²) in [7, 11) is -2.10. The molecule has 9 heteroatoms. The van der Waals surface area contributed by atoms with Crippen molar-refractivity contribution in [2.75, 3.05) is 19.0 Å². The number of pyridine rings is 1. The molecule has 1 aromatic carbocycles. The van der Waals surface area contributed by atoms with Crippen LogP contribution in [0.2, 0.25) is 0 Å². The van der Waals surface area contributed by atoms with Gasteiger partial charge in [0.05, 0.1) is 23.7 Å². The Balaban J connectivity index is 1.60. The minimum absolute atomic E-state index is 0.248. The van der Waals surface area contributed by atoms with Crippen LogP contribution in [0.4, 0.5) is 11.8 Å². The lowest BCUT2D eigenvalue weighted by Gasteiger charge is -2.24. The number of aryl methyl sites for hydroxylation is 2. The van der Waals surface area contributed by atoms with E-state index < -0.39 is 10.0 Å². The van der Waals surface area contributed by atoms with Crippen LogP contribution in [0, 0.1) is 13.8 Å². The second kappa shape index (κ2) is 8.60. The van der Waals surface area contributed by atoms with Gasteiger partial charge in [-0.1, -0.05) is 6.07 Å². The predicted molar refractivity (Wildman–Crippen MR) is 118 cm³/mol. The SMILES string of the molecule is COc1ccc(S(=O)(=O)N2CCC[C@@H]2c2cccc(Nc3nc(C)cc(C)n3)n2)cc1. The molecule has 31 heavy (non-hydrogen) atoms.